The molecule has 6 atom stereocenters. The van der Waals surface area contributed by atoms with Gasteiger partial charge >= 0.3 is 0 Å². The summed E-state index contributed by atoms with van der Waals surface area (Å²) >= 11 is 0. The highest BCUT2D eigenvalue weighted by molar-refractivity contribution is 6.18. The third-order valence-corrected chi connectivity index (χ3v) is 16.2. The molecule has 0 saturated carbocycles. The number of nitrogens with zero attached hydrogens (tertiary/aromatic N) is 4. The Kier molecular flexibility index (Phi) is 8.86. The molecular formula is C65H49N5. The fourth-order valence-corrected chi connectivity index (χ4v) is 12.8. The van der Waals surface area contributed by atoms with Crippen molar-refractivity contribution in [2.45, 2.75) is 37.5 Å². The van der Waals surface area contributed by atoms with Crippen LogP contribution < -0.4 is 10.2 Å². The van der Waals surface area contributed by atoms with Crippen LogP contribution in [0.3, 0.4) is 0 Å². The van der Waals surface area contributed by atoms with Crippen LogP contribution in [0.1, 0.15) is 53.0 Å². The predicted molar refractivity (Wildman–Crippen MR) is 290 cm³/mol. The molecule has 1 N–H and O–H groups in total. The van der Waals surface area contributed by atoms with Crippen molar-refractivity contribution in [3.05, 3.63) is 263 Å². The van der Waals surface area contributed by atoms with Gasteiger partial charge in [-0.2, -0.15) is 0 Å². The van der Waals surface area contributed by atoms with Crippen molar-refractivity contribution >= 4 is 66.7 Å². The molecule has 5 heteroatoms. The first-order valence-corrected chi connectivity index (χ1v) is 25.1. The van der Waals surface area contributed by atoms with Gasteiger partial charge in [-0.3, -0.25) is 0 Å². The van der Waals surface area contributed by atoms with Crippen LogP contribution in [0.25, 0.3) is 49.3 Å². The molecule has 15 rings (SSSR count). The Balaban J connectivity index is 0.885. The lowest BCUT2D eigenvalue weighted by molar-refractivity contribution is 0.437. The molecule has 3 heterocycles. The standard InChI is InChI=1S/C65H49N5/c1-2-15-42-33-48(28-25-40(42)13-1)63-66-64(49-29-31-52-47(34-49)27-26-41-14-7-8-20-51(41)52)68-65(67-63)55-22-10-12-24-59(55)70-61-38-46-19-6-4-17-44(46)36-57(61)54-32-30-50(39-62(54)70)69-58-23-11-9-21-53(58)56-35-43-16-3-5-18-45(43)37-60(56)69/h1-16,18-34,36-38,43-44,50,54,62,65H,17,35,39H2,(H,66,67,68). The summed E-state index contributed by atoms with van der Waals surface area (Å²) < 4.78 is 2.67. The molecule has 1 aromatic heterocycles. The van der Waals surface area contributed by atoms with Crippen LogP contribution in [-0.2, 0) is 6.42 Å². The molecule has 7 aliphatic rings. The van der Waals surface area contributed by atoms with Crippen LogP contribution in [0.2, 0.25) is 0 Å². The maximum absolute atomic E-state index is 5.61. The van der Waals surface area contributed by atoms with Gasteiger partial charge in [0.15, 0.2) is 6.17 Å². The van der Waals surface area contributed by atoms with Crippen molar-refractivity contribution in [3.63, 3.8) is 0 Å². The highest BCUT2D eigenvalue weighted by Crippen LogP contribution is 2.53. The van der Waals surface area contributed by atoms with Crippen LogP contribution in [0.5, 0.6) is 0 Å². The van der Waals surface area contributed by atoms with Crippen molar-refractivity contribution in [1.82, 2.24) is 9.88 Å². The van der Waals surface area contributed by atoms with Crippen LogP contribution in [0, 0.1) is 17.8 Å². The Hall–Kier alpha value is -8.28. The van der Waals surface area contributed by atoms with Crippen molar-refractivity contribution < 1.29 is 0 Å². The summed E-state index contributed by atoms with van der Waals surface area (Å²) in [6.07, 6.45) is 31.1. The van der Waals surface area contributed by atoms with E-state index in [2.05, 4.69) is 233 Å². The predicted octanol–water partition coefficient (Wildman–Crippen LogP) is 14.6. The fraction of sp³-hybridized carbons (Fsp3) is 0.138. The lowest BCUT2D eigenvalue weighted by Gasteiger charge is -2.37. The van der Waals surface area contributed by atoms with Gasteiger partial charge in [-0.15, -0.1) is 0 Å². The number of amidine groups is 2. The first kappa shape index (κ1) is 39.7. The number of aliphatic imine (C=N–C) groups is 2. The first-order valence-electron chi connectivity index (χ1n) is 25.1. The number of nitrogens with one attached hydrogen (secondary N) is 1. The largest absolute Gasteiger partial charge is 0.337 e. The Bertz CT molecular complexity index is 3900. The van der Waals surface area contributed by atoms with Crippen LogP contribution in [0.15, 0.2) is 245 Å². The molecule has 334 valence electrons. The number of para-hydroxylation sites is 2. The molecule has 1 saturated heterocycles. The smallest absolute Gasteiger partial charge is 0.171 e. The summed E-state index contributed by atoms with van der Waals surface area (Å²) in [6, 6.07) is 53.5. The number of hydrogen-bond acceptors (Lipinski definition) is 4. The van der Waals surface area contributed by atoms with Crippen molar-refractivity contribution in [3.8, 4) is 0 Å². The highest BCUT2D eigenvalue weighted by Gasteiger charge is 2.47. The van der Waals surface area contributed by atoms with Crippen molar-refractivity contribution in [1.29, 1.82) is 0 Å². The maximum atomic E-state index is 5.61. The minimum absolute atomic E-state index is 0.164. The van der Waals surface area contributed by atoms with E-state index in [1.807, 2.05) is 0 Å². The second-order valence-corrected chi connectivity index (χ2v) is 20.0. The van der Waals surface area contributed by atoms with E-state index in [9.17, 15) is 0 Å². The van der Waals surface area contributed by atoms with E-state index in [1.54, 1.807) is 0 Å². The zero-order valence-corrected chi connectivity index (χ0v) is 38.7. The van der Waals surface area contributed by atoms with Crippen molar-refractivity contribution in [2.24, 2.45) is 27.7 Å². The van der Waals surface area contributed by atoms with Crippen molar-refractivity contribution in [2.75, 3.05) is 4.90 Å². The number of allylic oxidation sites excluding steroid dienone is 13. The Morgan fingerprint density at radius 1 is 0.586 bits per heavy atom. The number of hydrogen-bond donors (Lipinski definition) is 1. The van der Waals surface area contributed by atoms with Gasteiger partial charge < -0.3 is 14.8 Å². The second-order valence-electron chi connectivity index (χ2n) is 20.0. The third-order valence-electron chi connectivity index (χ3n) is 16.2. The van der Waals surface area contributed by atoms with E-state index >= 15 is 0 Å². The van der Waals surface area contributed by atoms with E-state index in [0.717, 1.165) is 53.3 Å². The molecule has 5 nitrogen and oxygen atoms in total. The minimum Gasteiger partial charge on any atom is -0.337 e. The topological polar surface area (TPSA) is 44.9 Å². The third kappa shape index (κ3) is 6.24. The average Bonchev–Trinajstić information content (AvgIpc) is 3.92. The van der Waals surface area contributed by atoms with Gasteiger partial charge in [-0.25, -0.2) is 9.98 Å². The lowest BCUT2D eigenvalue weighted by atomic mass is 9.79. The zero-order chi connectivity index (χ0) is 45.9. The van der Waals surface area contributed by atoms with Gasteiger partial charge in [-0.1, -0.05) is 182 Å². The molecule has 2 aliphatic heterocycles. The number of anilines is 1. The van der Waals surface area contributed by atoms with E-state index in [0.29, 0.717) is 11.8 Å². The molecule has 5 aliphatic carbocycles. The average molecular weight is 900 g/mol. The van der Waals surface area contributed by atoms with Gasteiger partial charge in [0.25, 0.3) is 0 Å². The fourth-order valence-electron chi connectivity index (χ4n) is 12.8. The van der Waals surface area contributed by atoms with Gasteiger partial charge in [0.2, 0.25) is 0 Å². The summed E-state index contributed by atoms with van der Waals surface area (Å²) in [6.45, 7) is 0. The molecule has 1 fully saturated rings. The molecule has 8 aromatic rings. The quantitative estimate of drug-likeness (QED) is 0.138. The first-order chi connectivity index (χ1) is 34.7. The number of fused-ring (bicyclic) bond motifs is 12. The number of rotatable bonds is 5. The maximum Gasteiger partial charge on any atom is 0.171 e. The Labute approximate surface area is 407 Å². The zero-order valence-electron chi connectivity index (χ0n) is 38.7. The van der Waals surface area contributed by atoms with E-state index in [1.165, 1.54) is 76.9 Å². The number of aromatic nitrogens is 1. The van der Waals surface area contributed by atoms with Crippen LogP contribution >= 0.6 is 0 Å². The SMILES string of the molecule is C1=CCC2C=C3C(=CC2=C1)N(c1ccccc1C1N=C(c2ccc4ccccc4c2)NC(c2ccc4c(ccc5ccccc54)c2)=N1)C1CC(n2c4c(c5ccccc52)CC2C=CC=CC2=C4)C=CC31. The molecule has 0 radical (unpaired) electrons. The number of benzene rings is 7. The molecule has 0 bridgehead atoms. The lowest BCUT2D eigenvalue weighted by Crippen LogP contribution is -2.38. The normalized spacial score (nSPS) is 23.9. The summed E-state index contributed by atoms with van der Waals surface area (Å²) in [5.74, 6) is 2.68. The Morgan fingerprint density at radius 2 is 1.33 bits per heavy atom. The van der Waals surface area contributed by atoms with E-state index in [4.69, 9.17) is 9.98 Å². The van der Waals surface area contributed by atoms with Gasteiger partial charge in [0.05, 0.1) is 6.04 Å². The van der Waals surface area contributed by atoms with E-state index in [-0.39, 0.29) is 18.0 Å². The molecular weight excluding hydrogens is 851 g/mol. The molecule has 7 aromatic carbocycles. The summed E-state index contributed by atoms with van der Waals surface area (Å²) in [5.41, 5.74) is 14.0. The van der Waals surface area contributed by atoms with Crippen LogP contribution in [0.4, 0.5) is 5.69 Å². The summed E-state index contributed by atoms with van der Waals surface area (Å²) in [4.78, 5) is 13.9. The minimum atomic E-state index is -0.506. The van der Waals surface area contributed by atoms with Gasteiger partial charge in [0.1, 0.15) is 11.7 Å². The molecule has 6 unspecified atom stereocenters. The molecule has 70 heavy (non-hydrogen) atoms. The monoisotopic (exact) mass is 899 g/mol. The van der Waals surface area contributed by atoms with E-state index < -0.39 is 6.17 Å². The highest BCUT2D eigenvalue weighted by atomic mass is 15.2. The van der Waals surface area contributed by atoms with Gasteiger partial charge in [0, 0.05) is 68.5 Å². The van der Waals surface area contributed by atoms with Gasteiger partial charge in [-0.05, 0) is 110 Å². The van der Waals surface area contributed by atoms with Crippen LogP contribution in [-0.4, -0.2) is 22.3 Å². The summed E-state index contributed by atoms with van der Waals surface area (Å²) in [7, 11) is 0. The molecule has 0 spiro atoms. The summed E-state index contributed by atoms with van der Waals surface area (Å²) in [5, 5.41) is 12.4. The Morgan fingerprint density at radius 3 is 2.24 bits per heavy atom. The molecule has 0 amide bonds. The second kappa shape index (κ2) is 15.6.